The number of ether oxygens (including phenoxy) is 4. The number of hydrogen-bond donors (Lipinski definition) is 0. The van der Waals surface area contributed by atoms with Crippen LogP contribution in [-0.4, -0.2) is 56.1 Å². The average Bonchev–Trinajstić information content (AvgIpc) is 3.18. The first-order chi connectivity index (χ1) is 27.1. The van der Waals surface area contributed by atoms with Crippen LogP contribution < -0.4 is 0 Å². The zero-order chi connectivity index (χ0) is 42.5. The van der Waals surface area contributed by atoms with Crippen molar-refractivity contribution in [1.82, 2.24) is 0 Å². The number of benzene rings is 2. The number of hydrogen-bond acceptors (Lipinski definition) is 9. The Morgan fingerprint density at radius 3 is 1.14 bits per heavy atom. The van der Waals surface area contributed by atoms with Crippen LogP contribution in [-0.2, 0) is 57.4 Å². The van der Waals surface area contributed by atoms with Crippen molar-refractivity contribution in [3.63, 3.8) is 0 Å². The molecule has 0 aliphatic carbocycles. The summed E-state index contributed by atoms with van der Waals surface area (Å²) in [6.45, 7) is 14.8. The van der Waals surface area contributed by atoms with Crippen molar-refractivity contribution in [3.05, 3.63) is 70.8 Å². The van der Waals surface area contributed by atoms with Crippen molar-refractivity contribution in [1.29, 1.82) is 0 Å². The van der Waals surface area contributed by atoms with E-state index in [9.17, 15) is 24.0 Å². The van der Waals surface area contributed by atoms with Crippen LogP contribution in [0, 0.1) is 10.8 Å². The quantitative estimate of drug-likeness (QED) is 0.0357. The summed E-state index contributed by atoms with van der Waals surface area (Å²) in [5.41, 5.74) is 3.66. The van der Waals surface area contributed by atoms with E-state index >= 15 is 0 Å². The molecule has 9 nitrogen and oxygen atoms in total. The molecule has 58 heavy (non-hydrogen) atoms. The van der Waals surface area contributed by atoms with Crippen LogP contribution in [0.25, 0.3) is 0 Å². The van der Waals surface area contributed by atoms with Crippen LogP contribution in [0.15, 0.2) is 48.5 Å². The molecule has 9 heteroatoms. The Labute approximate surface area is 353 Å². The van der Waals surface area contributed by atoms with Gasteiger partial charge in [0.05, 0.1) is 26.4 Å². The van der Waals surface area contributed by atoms with E-state index in [0.717, 1.165) is 49.7 Å². The van der Waals surface area contributed by atoms with Crippen molar-refractivity contribution in [2.45, 2.75) is 172 Å². The van der Waals surface area contributed by atoms with Gasteiger partial charge in [-0.05, 0) is 61.6 Å². The molecule has 0 aliphatic heterocycles. The van der Waals surface area contributed by atoms with Gasteiger partial charge in [-0.2, -0.15) is 0 Å². The summed E-state index contributed by atoms with van der Waals surface area (Å²) in [7, 11) is 0. The minimum Gasteiger partial charge on any atom is -0.465 e. The molecule has 0 aliphatic rings. The standard InChI is InChI=1S/C24H36O5.C24H38O4.CH4.H2/c1-5-6-7-8-9-10-23(27)22-13-11-21(12-14-22)15-16-24(4,17-28-19(2)25)18-29-20(3)26;1-5-6-7-8-9-10-11-22-12-14-23(15-13-22)16-17-24(4,18-27-20(2)25)19-28-21(3)26;;/h11-14H,5-10,15-18H2,1-4H3;12-15H,5-11,16-19H2,1-4H3;1H4;1H/i;;;1+1. The Kier molecular flexibility index (Phi) is 28.8. The minimum atomic E-state index is -0.454. The van der Waals surface area contributed by atoms with E-state index < -0.39 is 5.41 Å². The van der Waals surface area contributed by atoms with Gasteiger partial charge in [-0.15, -0.1) is 0 Å². The highest BCUT2D eigenvalue weighted by atomic mass is 16.6. The zero-order valence-electron chi connectivity index (χ0n) is 36.6. The van der Waals surface area contributed by atoms with Gasteiger partial charge < -0.3 is 18.9 Å². The molecular formula is C49H80O9. The van der Waals surface area contributed by atoms with Gasteiger partial charge in [-0.1, -0.05) is 141 Å². The molecule has 0 atom stereocenters. The van der Waals surface area contributed by atoms with Crippen molar-refractivity contribution in [2.75, 3.05) is 26.4 Å². The van der Waals surface area contributed by atoms with Crippen LogP contribution in [0.5, 0.6) is 0 Å². The van der Waals surface area contributed by atoms with Crippen molar-refractivity contribution < 1.29 is 44.3 Å². The number of Topliss-reactive ketones (excluding diaryl/α,β-unsaturated/α-hetero) is 1. The lowest BCUT2D eigenvalue weighted by Gasteiger charge is -2.28. The van der Waals surface area contributed by atoms with Gasteiger partial charge in [0.25, 0.3) is 0 Å². The van der Waals surface area contributed by atoms with Gasteiger partial charge >= 0.3 is 23.9 Å². The molecule has 0 unspecified atom stereocenters. The summed E-state index contributed by atoms with van der Waals surface area (Å²) in [5.74, 6) is -1.13. The fourth-order valence-corrected chi connectivity index (χ4v) is 6.24. The van der Waals surface area contributed by atoms with E-state index in [4.69, 9.17) is 18.9 Å². The maximum absolute atomic E-state index is 12.3. The molecule has 2 aromatic rings. The summed E-state index contributed by atoms with van der Waals surface area (Å²) < 4.78 is 20.7. The molecule has 0 amide bonds. The number of unbranched alkanes of at least 4 members (excludes halogenated alkanes) is 9. The predicted molar refractivity (Wildman–Crippen MR) is 236 cm³/mol. The van der Waals surface area contributed by atoms with Crippen LogP contribution in [0.4, 0.5) is 0 Å². The van der Waals surface area contributed by atoms with E-state index in [-0.39, 0.29) is 70.4 Å². The largest absolute Gasteiger partial charge is 0.465 e. The maximum atomic E-state index is 12.3. The number of ketones is 1. The fourth-order valence-electron chi connectivity index (χ4n) is 6.24. The average molecular weight is 814 g/mol. The number of aryl methyl sites for hydroxylation is 3. The molecule has 0 aromatic heterocycles. The van der Waals surface area contributed by atoms with E-state index in [1.54, 1.807) is 0 Å². The van der Waals surface area contributed by atoms with Gasteiger partial charge in [0.15, 0.2) is 5.78 Å². The topological polar surface area (TPSA) is 122 Å². The molecule has 0 fully saturated rings. The molecule has 330 valence electrons. The lowest BCUT2D eigenvalue weighted by Crippen LogP contribution is -2.31. The Morgan fingerprint density at radius 2 is 0.776 bits per heavy atom. The summed E-state index contributed by atoms with van der Waals surface area (Å²) in [6, 6.07) is 16.5. The van der Waals surface area contributed by atoms with Gasteiger partial charge in [-0.3, -0.25) is 24.0 Å². The third-order valence-corrected chi connectivity index (χ3v) is 10.2. The Hall–Kier alpha value is -4.01. The Morgan fingerprint density at radius 1 is 0.466 bits per heavy atom. The number of rotatable bonds is 28. The minimum absolute atomic E-state index is 0. The molecule has 0 spiro atoms. The lowest BCUT2D eigenvalue weighted by atomic mass is 9.85. The molecule has 2 rings (SSSR count). The Balaban J connectivity index is 0. The second-order valence-corrected chi connectivity index (χ2v) is 16.4. The molecule has 0 radical (unpaired) electrons. The molecule has 0 bridgehead atoms. The third-order valence-electron chi connectivity index (χ3n) is 10.2. The Bertz CT molecular complexity index is 1420. The van der Waals surface area contributed by atoms with Crippen molar-refractivity contribution in [2.24, 2.45) is 10.8 Å². The van der Waals surface area contributed by atoms with E-state index in [1.807, 2.05) is 38.1 Å². The van der Waals surface area contributed by atoms with Crippen molar-refractivity contribution >= 4 is 29.7 Å². The second kappa shape index (κ2) is 31.0. The van der Waals surface area contributed by atoms with Crippen LogP contribution >= 0.6 is 0 Å². The van der Waals surface area contributed by atoms with E-state index in [0.29, 0.717) is 12.8 Å². The highest BCUT2D eigenvalue weighted by Gasteiger charge is 2.29. The van der Waals surface area contributed by atoms with Crippen LogP contribution in [0.1, 0.15) is 181 Å². The number of esters is 4. The monoisotopic (exact) mass is 814 g/mol. The second-order valence-electron chi connectivity index (χ2n) is 16.4. The molecular weight excluding hydrogens is 733 g/mol. The number of carbonyl (C=O) groups is 5. The van der Waals surface area contributed by atoms with E-state index in [1.165, 1.54) is 96.6 Å². The smallest absolute Gasteiger partial charge is 0.302 e. The van der Waals surface area contributed by atoms with Gasteiger partial charge in [0.1, 0.15) is 0 Å². The van der Waals surface area contributed by atoms with Crippen LogP contribution in [0.2, 0.25) is 0 Å². The zero-order valence-corrected chi connectivity index (χ0v) is 36.6. The van der Waals surface area contributed by atoms with Gasteiger partial charge in [-0.25, -0.2) is 0 Å². The first kappa shape index (κ1) is 54.0. The lowest BCUT2D eigenvalue weighted by molar-refractivity contribution is -0.152. The molecule has 2 aromatic carbocycles. The summed E-state index contributed by atoms with van der Waals surface area (Å²) >= 11 is 0. The summed E-state index contributed by atoms with van der Waals surface area (Å²) in [5, 5.41) is 0. The highest BCUT2D eigenvalue weighted by molar-refractivity contribution is 5.96. The molecule has 0 saturated heterocycles. The summed E-state index contributed by atoms with van der Waals surface area (Å²) in [6.07, 6.45) is 18.4. The fraction of sp³-hybridized carbons (Fsp3) is 0.653. The van der Waals surface area contributed by atoms with E-state index in [2.05, 4.69) is 38.1 Å². The first-order valence-electron chi connectivity index (χ1n) is 21.3. The summed E-state index contributed by atoms with van der Waals surface area (Å²) in [4.78, 5) is 57.0. The van der Waals surface area contributed by atoms with Gasteiger partial charge in [0, 0.05) is 51.9 Å². The molecule has 0 heterocycles. The predicted octanol–water partition coefficient (Wildman–Crippen LogP) is 11.8. The maximum Gasteiger partial charge on any atom is 0.302 e. The van der Waals surface area contributed by atoms with Gasteiger partial charge in [0.2, 0.25) is 0 Å². The highest BCUT2D eigenvalue weighted by Crippen LogP contribution is 2.27. The molecule has 0 N–H and O–H groups in total. The van der Waals surface area contributed by atoms with Crippen molar-refractivity contribution in [3.8, 4) is 0 Å². The molecule has 0 saturated carbocycles. The normalized spacial score (nSPS) is 11.0. The third kappa shape index (κ3) is 26.8. The van der Waals surface area contributed by atoms with Crippen LogP contribution in [0.3, 0.4) is 0 Å². The first-order valence-corrected chi connectivity index (χ1v) is 21.3. The SMILES string of the molecule is C.CCCCCCCC(=O)c1ccc(CCC(C)(COC(C)=O)COC(C)=O)cc1.CCCCCCCCc1ccc(CCC(C)(COC(C)=O)COC(C)=O)cc1.[2HH]. The number of carbonyl (C=O) groups excluding carboxylic acids is 5.